The van der Waals surface area contributed by atoms with Crippen LogP contribution in [0.2, 0.25) is 0 Å². The Hall–Kier alpha value is -3.23. The van der Waals surface area contributed by atoms with Gasteiger partial charge in [-0.3, -0.25) is 14.9 Å². The number of amides is 1. The van der Waals surface area contributed by atoms with Gasteiger partial charge in [-0.15, -0.1) is 0 Å². The second kappa shape index (κ2) is 7.56. The van der Waals surface area contributed by atoms with E-state index in [1.807, 2.05) is 4.90 Å². The third-order valence-corrected chi connectivity index (χ3v) is 4.54. The van der Waals surface area contributed by atoms with Crippen LogP contribution in [-0.4, -0.2) is 35.6 Å². The van der Waals surface area contributed by atoms with Gasteiger partial charge in [0.1, 0.15) is 0 Å². The van der Waals surface area contributed by atoms with Crippen LogP contribution in [-0.2, 0) is 0 Å². The van der Waals surface area contributed by atoms with E-state index in [0.29, 0.717) is 25.3 Å². The van der Waals surface area contributed by atoms with Crippen molar-refractivity contribution in [3.8, 4) is 5.75 Å². The summed E-state index contributed by atoms with van der Waals surface area (Å²) in [6, 6.07) is 7.14. The summed E-state index contributed by atoms with van der Waals surface area (Å²) < 4.78 is 26.4. The molecule has 1 saturated heterocycles. The number of nitrogens with one attached hydrogen (secondary N) is 1. The van der Waals surface area contributed by atoms with Crippen molar-refractivity contribution in [2.24, 2.45) is 5.92 Å². The summed E-state index contributed by atoms with van der Waals surface area (Å²) in [4.78, 5) is 24.0. The summed E-state index contributed by atoms with van der Waals surface area (Å²) in [5.41, 5.74) is 0.237. The molecular weight excluding hydrogens is 360 g/mol. The minimum absolute atomic E-state index is 0.119. The van der Waals surface area contributed by atoms with E-state index >= 15 is 0 Å². The lowest BCUT2D eigenvalue weighted by atomic mass is 10.1. The molecule has 1 atom stereocenters. The predicted molar refractivity (Wildman–Crippen MR) is 93.8 cm³/mol. The average Bonchev–Trinajstić information content (AvgIpc) is 3.10. The topological polar surface area (TPSA) is 95.7 Å². The van der Waals surface area contributed by atoms with Crippen LogP contribution in [0, 0.1) is 27.7 Å². The van der Waals surface area contributed by atoms with Gasteiger partial charge in [-0.2, -0.15) is 0 Å². The smallest absolute Gasteiger partial charge is 0.310 e. The maximum atomic E-state index is 13.4. The zero-order valence-electron chi connectivity index (χ0n) is 14.2. The van der Waals surface area contributed by atoms with Gasteiger partial charge >= 0.3 is 5.69 Å². The van der Waals surface area contributed by atoms with E-state index in [2.05, 4.69) is 5.32 Å². The first-order valence-corrected chi connectivity index (χ1v) is 8.30. The summed E-state index contributed by atoms with van der Waals surface area (Å²) in [5.74, 6) is -2.70. The van der Waals surface area contributed by atoms with Crippen molar-refractivity contribution < 1.29 is 23.6 Å². The van der Waals surface area contributed by atoms with Crippen molar-refractivity contribution in [2.45, 2.75) is 6.42 Å². The minimum atomic E-state index is -0.901. The van der Waals surface area contributed by atoms with E-state index in [4.69, 9.17) is 0 Å². The van der Waals surface area contributed by atoms with Crippen molar-refractivity contribution in [3.63, 3.8) is 0 Å². The van der Waals surface area contributed by atoms with Crippen LogP contribution in [0.3, 0.4) is 0 Å². The summed E-state index contributed by atoms with van der Waals surface area (Å²) in [7, 11) is 0. The number of hydrogen-bond donors (Lipinski definition) is 2. The third-order valence-electron chi connectivity index (χ3n) is 4.54. The summed E-state index contributed by atoms with van der Waals surface area (Å²) in [6.45, 7) is 1.59. The first kappa shape index (κ1) is 18.6. The first-order chi connectivity index (χ1) is 12.8. The lowest BCUT2D eigenvalue weighted by Gasteiger charge is -2.19. The van der Waals surface area contributed by atoms with Crippen molar-refractivity contribution in [3.05, 3.63) is 63.7 Å². The predicted octanol–water partition coefficient (Wildman–Crippen LogP) is 2.83. The maximum Gasteiger partial charge on any atom is 0.310 e. The number of nitro groups is 1. The number of anilines is 1. The number of carbonyl (C=O) groups is 1. The monoisotopic (exact) mass is 377 g/mol. The first-order valence-electron chi connectivity index (χ1n) is 8.30. The standard InChI is InChI=1S/C18H17F2N3O4/c19-14-3-2-13(8-15(14)20)22-6-5-11(10-22)9-21-18(25)12-1-4-16(23(26)27)17(24)7-12/h1-4,7-8,11,24H,5-6,9-10H2,(H,21,25). The van der Waals surface area contributed by atoms with Crippen LogP contribution in [0.15, 0.2) is 36.4 Å². The van der Waals surface area contributed by atoms with Gasteiger partial charge in [0.25, 0.3) is 5.91 Å². The van der Waals surface area contributed by atoms with Crippen LogP contribution in [0.5, 0.6) is 5.75 Å². The van der Waals surface area contributed by atoms with Gasteiger partial charge in [0.15, 0.2) is 17.4 Å². The molecule has 1 aliphatic heterocycles. The van der Waals surface area contributed by atoms with E-state index in [9.17, 15) is 28.8 Å². The van der Waals surface area contributed by atoms with Gasteiger partial charge in [0.05, 0.1) is 4.92 Å². The SMILES string of the molecule is O=C(NCC1CCN(c2ccc(F)c(F)c2)C1)c1ccc([N+](=O)[O-])c(O)c1. The Kier molecular flexibility index (Phi) is 5.20. The normalized spacial score (nSPS) is 16.4. The lowest BCUT2D eigenvalue weighted by molar-refractivity contribution is -0.385. The van der Waals surface area contributed by atoms with Gasteiger partial charge in [-0.25, -0.2) is 8.78 Å². The fourth-order valence-electron chi connectivity index (χ4n) is 3.07. The molecule has 0 aromatic heterocycles. The molecule has 3 rings (SSSR count). The molecule has 142 valence electrons. The Labute approximate surface area is 153 Å². The van der Waals surface area contributed by atoms with E-state index in [1.54, 1.807) is 0 Å². The van der Waals surface area contributed by atoms with E-state index < -0.39 is 33.9 Å². The second-order valence-corrected chi connectivity index (χ2v) is 6.37. The fourth-order valence-corrected chi connectivity index (χ4v) is 3.07. The van der Waals surface area contributed by atoms with Crippen LogP contribution in [0.4, 0.5) is 20.2 Å². The molecule has 2 N–H and O–H groups in total. The molecule has 0 aliphatic carbocycles. The number of phenols is 1. The molecule has 27 heavy (non-hydrogen) atoms. The van der Waals surface area contributed by atoms with Crippen molar-refractivity contribution in [1.29, 1.82) is 0 Å². The number of halogens is 2. The fraction of sp³-hybridized carbons (Fsp3) is 0.278. The van der Waals surface area contributed by atoms with Gasteiger partial charge in [0.2, 0.25) is 0 Å². The van der Waals surface area contributed by atoms with Crippen LogP contribution in [0.1, 0.15) is 16.8 Å². The van der Waals surface area contributed by atoms with Gasteiger partial charge in [-0.05, 0) is 36.6 Å². The van der Waals surface area contributed by atoms with E-state index in [-0.39, 0.29) is 11.5 Å². The number of nitrogens with zero attached hydrogens (tertiary/aromatic N) is 2. The Morgan fingerprint density at radius 2 is 2.04 bits per heavy atom. The Morgan fingerprint density at radius 1 is 1.26 bits per heavy atom. The molecule has 1 unspecified atom stereocenters. The summed E-state index contributed by atoms with van der Waals surface area (Å²) >= 11 is 0. The molecule has 1 fully saturated rings. The number of phenolic OH excluding ortho intramolecular Hbond substituents is 1. The highest BCUT2D eigenvalue weighted by Crippen LogP contribution is 2.27. The molecule has 2 aromatic rings. The number of hydrogen-bond acceptors (Lipinski definition) is 5. The molecule has 0 saturated carbocycles. The van der Waals surface area contributed by atoms with Crippen LogP contribution >= 0.6 is 0 Å². The van der Waals surface area contributed by atoms with Crippen molar-refractivity contribution >= 4 is 17.3 Å². The molecule has 1 amide bonds. The Bertz CT molecular complexity index is 891. The molecule has 1 aliphatic rings. The maximum absolute atomic E-state index is 13.4. The largest absolute Gasteiger partial charge is 0.502 e. The third kappa shape index (κ3) is 4.13. The number of benzene rings is 2. The van der Waals surface area contributed by atoms with Crippen LogP contribution in [0.25, 0.3) is 0 Å². The van der Waals surface area contributed by atoms with Crippen molar-refractivity contribution in [2.75, 3.05) is 24.5 Å². The van der Waals surface area contributed by atoms with Crippen molar-refractivity contribution in [1.82, 2.24) is 5.32 Å². The number of aromatic hydroxyl groups is 1. The number of nitro benzene ring substituents is 1. The Balaban J connectivity index is 1.56. The highest BCUT2D eigenvalue weighted by molar-refractivity contribution is 5.95. The van der Waals surface area contributed by atoms with E-state index in [1.165, 1.54) is 12.1 Å². The molecule has 9 heteroatoms. The zero-order chi connectivity index (χ0) is 19.6. The second-order valence-electron chi connectivity index (χ2n) is 6.37. The summed E-state index contributed by atoms with van der Waals surface area (Å²) in [5, 5.41) is 23.0. The molecule has 0 spiro atoms. The molecule has 2 aromatic carbocycles. The highest BCUT2D eigenvalue weighted by atomic mass is 19.2. The highest BCUT2D eigenvalue weighted by Gasteiger charge is 2.24. The van der Waals surface area contributed by atoms with Gasteiger partial charge < -0.3 is 15.3 Å². The minimum Gasteiger partial charge on any atom is -0.502 e. The Morgan fingerprint density at radius 3 is 2.70 bits per heavy atom. The van der Waals surface area contributed by atoms with Crippen LogP contribution < -0.4 is 10.2 Å². The lowest BCUT2D eigenvalue weighted by Crippen LogP contribution is -2.31. The van der Waals surface area contributed by atoms with E-state index in [0.717, 1.165) is 30.7 Å². The van der Waals surface area contributed by atoms with Gasteiger partial charge in [-0.1, -0.05) is 0 Å². The average molecular weight is 377 g/mol. The number of carbonyl (C=O) groups excluding carboxylic acids is 1. The number of rotatable bonds is 5. The molecule has 1 heterocycles. The molecular formula is C18H17F2N3O4. The quantitative estimate of drug-likeness (QED) is 0.617. The zero-order valence-corrected chi connectivity index (χ0v) is 14.2. The molecule has 7 nitrogen and oxygen atoms in total. The summed E-state index contributed by atoms with van der Waals surface area (Å²) in [6.07, 6.45) is 0.769. The molecule has 0 radical (unpaired) electrons. The molecule has 0 bridgehead atoms. The van der Waals surface area contributed by atoms with Gasteiger partial charge in [0, 0.05) is 43.0 Å².